The van der Waals surface area contributed by atoms with Crippen LogP contribution in [0.5, 0.6) is 0 Å². The predicted octanol–water partition coefficient (Wildman–Crippen LogP) is 3.32. The van der Waals surface area contributed by atoms with Gasteiger partial charge in [0, 0.05) is 11.9 Å². The van der Waals surface area contributed by atoms with E-state index in [1.165, 1.54) is 11.1 Å². The Kier molecular flexibility index (Phi) is 3.36. The Morgan fingerprint density at radius 2 is 1.71 bits per heavy atom. The minimum Gasteiger partial charge on any atom is -0.394 e. The first-order chi connectivity index (χ1) is 10.1. The van der Waals surface area contributed by atoms with Crippen LogP contribution in [0.4, 0.5) is 17.2 Å². The summed E-state index contributed by atoms with van der Waals surface area (Å²) in [5.41, 5.74) is 16.6. The summed E-state index contributed by atoms with van der Waals surface area (Å²) in [5, 5.41) is 4.37. The second-order valence-electron chi connectivity index (χ2n) is 5.14. The van der Waals surface area contributed by atoms with Crippen LogP contribution in [0.2, 0.25) is 0 Å². The zero-order valence-corrected chi connectivity index (χ0v) is 11.9. The highest BCUT2D eigenvalue weighted by molar-refractivity contribution is 6.00. The Hall–Kier alpha value is -2.75. The topological polar surface area (TPSA) is 77.0 Å². The van der Waals surface area contributed by atoms with Crippen LogP contribution in [-0.2, 0) is 6.54 Å². The van der Waals surface area contributed by atoms with Crippen LogP contribution >= 0.6 is 0 Å². The summed E-state index contributed by atoms with van der Waals surface area (Å²) < 4.78 is 0. The Balaban J connectivity index is 1.96. The molecule has 0 radical (unpaired) electrons. The molecule has 0 aliphatic carbocycles. The van der Waals surface area contributed by atoms with Crippen LogP contribution in [0.25, 0.3) is 10.9 Å². The van der Waals surface area contributed by atoms with Gasteiger partial charge in [-0.25, -0.2) is 4.98 Å². The van der Waals surface area contributed by atoms with Crippen LogP contribution in [0.3, 0.4) is 0 Å². The Labute approximate surface area is 123 Å². The summed E-state index contributed by atoms with van der Waals surface area (Å²) in [5.74, 6) is 0.361. The molecule has 4 nitrogen and oxygen atoms in total. The third-order valence-corrected chi connectivity index (χ3v) is 3.55. The van der Waals surface area contributed by atoms with E-state index in [0.717, 1.165) is 16.6 Å². The molecule has 0 bridgehead atoms. The van der Waals surface area contributed by atoms with Gasteiger partial charge in [-0.2, -0.15) is 0 Å². The van der Waals surface area contributed by atoms with Crippen molar-refractivity contribution in [1.29, 1.82) is 0 Å². The molecule has 5 N–H and O–H groups in total. The fraction of sp³-hybridized carbons (Fsp3) is 0.118. The van der Waals surface area contributed by atoms with E-state index in [1.54, 1.807) is 0 Å². The Bertz CT molecular complexity index is 779. The van der Waals surface area contributed by atoms with Crippen LogP contribution in [0.1, 0.15) is 11.1 Å². The number of para-hydroxylation sites is 1. The van der Waals surface area contributed by atoms with E-state index < -0.39 is 0 Å². The van der Waals surface area contributed by atoms with Gasteiger partial charge in [-0.05, 0) is 18.6 Å². The summed E-state index contributed by atoms with van der Waals surface area (Å²) >= 11 is 0. The molecule has 0 spiro atoms. The van der Waals surface area contributed by atoms with E-state index in [4.69, 9.17) is 11.5 Å². The van der Waals surface area contributed by atoms with Crippen molar-refractivity contribution in [3.63, 3.8) is 0 Å². The lowest BCUT2D eigenvalue weighted by Crippen LogP contribution is -2.07. The number of nitrogens with two attached hydrogens (primary N) is 2. The van der Waals surface area contributed by atoms with Gasteiger partial charge in [0.25, 0.3) is 0 Å². The van der Waals surface area contributed by atoms with E-state index in [-0.39, 0.29) is 0 Å². The van der Waals surface area contributed by atoms with Crippen LogP contribution in [0.15, 0.2) is 48.5 Å². The number of benzene rings is 2. The largest absolute Gasteiger partial charge is 0.394 e. The maximum absolute atomic E-state index is 6.09. The molecule has 3 aromatic rings. The number of aromatic nitrogens is 1. The lowest BCUT2D eigenvalue weighted by atomic mass is 10.1. The van der Waals surface area contributed by atoms with Crippen molar-refractivity contribution in [3.05, 3.63) is 59.7 Å². The number of hydrogen-bond acceptors (Lipinski definition) is 4. The molecular weight excluding hydrogens is 260 g/mol. The third-order valence-electron chi connectivity index (χ3n) is 3.55. The molecule has 21 heavy (non-hydrogen) atoms. The molecule has 4 heteroatoms. The van der Waals surface area contributed by atoms with Crippen LogP contribution < -0.4 is 16.8 Å². The maximum Gasteiger partial charge on any atom is 0.149 e. The van der Waals surface area contributed by atoms with Gasteiger partial charge in [0.1, 0.15) is 5.82 Å². The molecule has 106 valence electrons. The Morgan fingerprint density at radius 1 is 1.00 bits per heavy atom. The number of nitrogen functional groups attached to an aromatic ring is 2. The Morgan fingerprint density at radius 3 is 2.48 bits per heavy atom. The highest BCUT2D eigenvalue weighted by Gasteiger charge is 2.10. The smallest absolute Gasteiger partial charge is 0.149 e. The standard InChI is InChI=1S/C17H18N4/c1-11-6-8-12(9-7-11)10-20-16-13-4-2-3-5-14(13)21-17(19)15(16)18/h2-9H,10,18H2,1H3,(H3,19,20,21). The zero-order valence-electron chi connectivity index (χ0n) is 11.9. The lowest BCUT2D eigenvalue weighted by Gasteiger charge is -2.14. The summed E-state index contributed by atoms with van der Waals surface area (Å²) in [4.78, 5) is 4.32. The summed E-state index contributed by atoms with van der Waals surface area (Å²) in [6.07, 6.45) is 0. The maximum atomic E-state index is 6.09. The number of pyridine rings is 1. The minimum atomic E-state index is 0.361. The van der Waals surface area contributed by atoms with E-state index in [2.05, 4.69) is 41.5 Å². The first-order valence-corrected chi connectivity index (χ1v) is 6.88. The molecular formula is C17H18N4. The molecule has 0 saturated carbocycles. The van der Waals surface area contributed by atoms with Crippen LogP contribution in [0, 0.1) is 6.92 Å². The van der Waals surface area contributed by atoms with E-state index in [0.29, 0.717) is 18.1 Å². The van der Waals surface area contributed by atoms with Gasteiger partial charge >= 0.3 is 0 Å². The number of fused-ring (bicyclic) bond motifs is 1. The lowest BCUT2D eigenvalue weighted by molar-refractivity contribution is 1.15. The fourth-order valence-electron chi connectivity index (χ4n) is 2.33. The number of rotatable bonds is 3. The number of hydrogen-bond donors (Lipinski definition) is 3. The SMILES string of the molecule is Cc1ccc(CNc2c(N)c(N)nc3ccccc23)cc1. The second-order valence-corrected chi connectivity index (χ2v) is 5.14. The molecule has 0 unspecified atom stereocenters. The summed E-state index contributed by atoms with van der Waals surface area (Å²) in [6, 6.07) is 16.2. The number of nitrogens with zero attached hydrogens (tertiary/aromatic N) is 1. The van der Waals surface area contributed by atoms with Crippen molar-refractivity contribution < 1.29 is 0 Å². The predicted molar refractivity (Wildman–Crippen MR) is 89.1 cm³/mol. The van der Waals surface area contributed by atoms with Gasteiger partial charge < -0.3 is 16.8 Å². The molecule has 3 rings (SSSR count). The van der Waals surface area contributed by atoms with E-state index in [1.807, 2.05) is 24.3 Å². The molecule has 0 aliphatic rings. The first kappa shape index (κ1) is 13.2. The van der Waals surface area contributed by atoms with Gasteiger partial charge in [0.05, 0.1) is 16.9 Å². The first-order valence-electron chi connectivity index (χ1n) is 6.88. The molecule has 0 fully saturated rings. The van der Waals surface area contributed by atoms with Gasteiger partial charge in [0.15, 0.2) is 0 Å². The molecule has 0 atom stereocenters. The number of nitrogens with one attached hydrogen (secondary N) is 1. The van der Waals surface area contributed by atoms with Gasteiger partial charge in [-0.1, -0.05) is 48.0 Å². The van der Waals surface area contributed by atoms with E-state index in [9.17, 15) is 0 Å². The second kappa shape index (κ2) is 5.32. The average molecular weight is 278 g/mol. The monoisotopic (exact) mass is 278 g/mol. The molecule has 2 aromatic carbocycles. The molecule has 1 aromatic heterocycles. The normalized spacial score (nSPS) is 10.7. The number of aryl methyl sites for hydroxylation is 1. The quantitative estimate of drug-likeness (QED) is 0.687. The summed E-state index contributed by atoms with van der Waals surface area (Å²) in [7, 11) is 0. The van der Waals surface area contributed by atoms with Crippen LogP contribution in [-0.4, -0.2) is 4.98 Å². The van der Waals surface area contributed by atoms with Crippen molar-refractivity contribution in [1.82, 2.24) is 4.98 Å². The van der Waals surface area contributed by atoms with Gasteiger partial charge in [-0.15, -0.1) is 0 Å². The average Bonchev–Trinajstić information content (AvgIpc) is 2.49. The molecule has 0 amide bonds. The molecule has 0 saturated heterocycles. The van der Waals surface area contributed by atoms with Crippen molar-refractivity contribution >= 4 is 28.1 Å². The van der Waals surface area contributed by atoms with Gasteiger partial charge in [-0.3, -0.25) is 0 Å². The highest BCUT2D eigenvalue weighted by atomic mass is 14.9. The zero-order chi connectivity index (χ0) is 14.8. The van der Waals surface area contributed by atoms with Crippen molar-refractivity contribution in [2.24, 2.45) is 0 Å². The van der Waals surface area contributed by atoms with Crippen molar-refractivity contribution in [3.8, 4) is 0 Å². The van der Waals surface area contributed by atoms with Crippen molar-refractivity contribution in [2.45, 2.75) is 13.5 Å². The summed E-state index contributed by atoms with van der Waals surface area (Å²) in [6.45, 7) is 2.77. The number of anilines is 3. The molecule has 0 aliphatic heterocycles. The fourth-order valence-corrected chi connectivity index (χ4v) is 2.33. The van der Waals surface area contributed by atoms with E-state index >= 15 is 0 Å². The van der Waals surface area contributed by atoms with Gasteiger partial charge in [0.2, 0.25) is 0 Å². The minimum absolute atomic E-state index is 0.361. The highest BCUT2D eigenvalue weighted by Crippen LogP contribution is 2.32. The van der Waals surface area contributed by atoms with Crippen molar-refractivity contribution in [2.75, 3.05) is 16.8 Å². The molecule has 1 heterocycles. The third kappa shape index (κ3) is 2.60.